The van der Waals surface area contributed by atoms with Gasteiger partial charge in [-0.15, -0.1) is 0 Å². The topological polar surface area (TPSA) is 33.3 Å². The first-order valence-electron chi connectivity index (χ1n) is 2.96. The van der Waals surface area contributed by atoms with Crippen molar-refractivity contribution in [3.05, 3.63) is 36.2 Å². The van der Waals surface area contributed by atoms with Gasteiger partial charge in [-0.3, -0.25) is 0 Å². The number of hydrogen-bond donors (Lipinski definition) is 2. The predicted molar refractivity (Wildman–Crippen MR) is 50.0 cm³/mol. The summed E-state index contributed by atoms with van der Waals surface area (Å²) in [5.41, 5.74) is 2.52. The summed E-state index contributed by atoms with van der Waals surface area (Å²) in [4.78, 5) is 4.55. The molecule has 0 saturated heterocycles. The molecule has 0 amide bonds. The molecule has 0 saturated carbocycles. The van der Waals surface area contributed by atoms with Crippen LogP contribution in [0.25, 0.3) is 0 Å². The average molecular weight is 188 g/mol. The molecule has 2 aliphatic heterocycles. The minimum atomic E-state index is 1.57. The van der Waals surface area contributed by atoms with Crippen LogP contribution in [0.4, 0.5) is 0 Å². The molecule has 2 heterocycles. The van der Waals surface area contributed by atoms with Crippen LogP contribution in [0.1, 0.15) is 0 Å². The predicted octanol–water partition coefficient (Wildman–Crippen LogP) is 1.91. The van der Waals surface area contributed by atoms with Crippen LogP contribution in [-0.2, 0) is 4.84 Å². The number of nitrogens with one attached hydrogen (secondary N) is 2. The standard InChI is InChI=1S/C4H5NO.C2H3NS2/c1-2-4-6-5-3-1;1-2-4-5-3-1/h1-5H;1-3H. The zero-order chi connectivity index (χ0) is 7.78. The quantitative estimate of drug-likeness (QED) is 0.448. The Morgan fingerprint density at radius 3 is 2.36 bits per heavy atom. The first kappa shape index (κ1) is 8.42. The molecule has 0 unspecified atom stereocenters. The fraction of sp³-hybridized carbons (Fsp3) is 0. The Morgan fingerprint density at radius 2 is 2.18 bits per heavy atom. The first-order chi connectivity index (χ1) is 5.50. The van der Waals surface area contributed by atoms with Crippen LogP contribution in [0.15, 0.2) is 36.2 Å². The van der Waals surface area contributed by atoms with E-state index in [0.29, 0.717) is 0 Å². The lowest BCUT2D eigenvalue weighted by molar-refractivity contribution is 0.172. The molecule has 5 heteroatoms. The zero-order valence-corrected chi connectivity index (χ0v) is 7.32. The van der Waals surface area contributed by atoms with Gasteiger partial charge in [-0.2, -0.15) is 0 Å². The van der Waals surface area contributed by atoms with Crippen molar-refractivity contribution < 1.29 is 4.84 Å². The van der Waals surface area contributed by atoms with Gasteiger partial charge in [0.25, 0.3) is 0 Å². The molecule has 0 aromatic heterocycles. The van der Waals surface area contributed by atoms with E-state index >= 15 is 0 Å². The van der Waals surface area contributed by atoms with Crippen molar-refractivity contribution in [2.24, 2.45) is 0 Å². The fourth-order valence-electron chi connectivity index (χ4n) is 0.397. The molecule has 2 rings (SSSR count). The van der Waals surface area contributed by atoms with E-state index in [-0.39, 0.29) is 0 Å². The minimum absolute atomic E-state index is 1.57. The highest BCUT2D eigenvalue weighted by Crippen LogP contribution is 2.22. The summed E-state index contributed by atoms with van der Waals surface area (Å²) in [5.74, 6) is 0. The molecule has 0 fully saturated rings. The number of hydrogen-bond acceptors (Lipinski definition) is 5. The molecule has 0 aromatic rings. The Kier molecular flexibility index (Phi) is 4.64. The van der Waals surface area contributed by atoms with Crippen molar-refractivity contribution in [3.8, 4) is 0 Å². The van der Waals surface area contributed by atoms with Crippen molar-refractivity contribution in [2.45, 2.75) is 0 Å². The van der Waals surface area contributed by atoms with Gasteiger partial charge >= 0.3 is 0 Å². The summed E-state index contributed by atoms with van der Waals surface area (Å²) in [7, 11) is 3.33. The van der Waals surface area contributed by atoms with Gasteiger partial charge in [0.15, 0.2) is 0 Å². The van der Waals surface area contributed by atoms with E-state index in [9.17, 15) is 0 Å². The molecule has 0 aliphatic carbocycles. The number of allylic oxidation sites excluding steroid dienone is 2. The first-order valence-corrected chi connectivity index (χ1v) is 5.17. The van der Waals surface area contributed by atoms with Gasteiger partial charge in [0.05, 0.1) is 0 Å². The highest BCUT2D eigenvalue weighted by atomic mass is 33.1. The molecule has 3 nitrogen and oxygen atoms in total. The van der Waals surface area contributed by atoms with Crippen molar-refractivity contribution in [2.75, 3.05) is 0 Å². The highest BCUT2D eigenvalue weighted by Gasteiger charge is 1.83. The van der Waals surface area contributed by atoms with E-state index in [4.69, 9.17) is 0 Å². The molecule has 0 aromatic carbocycles. The maximum absolute atomic E-state index is 4.55. The second-order valence-corrected chi connectivity index (χ2v) is 3.47. The fourth-order valence-corrected chi connectivity index (χ4v) is 1.51. The molecule has 0 bridgehead atoms. The molecule has 0 atom stereocenters. The summed E-state index contributed by atoms with van der Waals surface area (Å²) in [6.07, 6.45) is 8.84. The van der Waals surface area contributed by atoms with E-state index in [0.717, 1.165) is 0 Å². The molecular formula is C6H8N2OS2. The van der Waals surface area contributed by atoms with Crippen LogP contribution in [0.2, 0.25) is 0 Å². The average Bonchev–Trinajstić information content (AvgIpc) is 2.64. The monoisotopic (exact) mass is 188 g/mol. The van der Waals surface area contributed by atoms with Gasteiger partial charge in [0.2, 0.25) is 0 Å². The summed E-state index contributed by atoms with van der Waals surface area (Å²) in [6.45, 7) is 0. The van der Waals surface area contributed by atoms with E-state index in [1.54, 1.807) is 40.3 Å². The molecule has 0 spiro atoms. The Balaban J connectivity index is 0.000000112. The molecular weight excluding hydrogens is 180 g/mol. The van der Waals surface area contributed by atoms with Gasteiger partial charge < -0.3 is 9.56 Å². The van der Waals surface area contributed by atoms with Gasteiger partial charge in [0, 0.05) is 28.8 Å². The van der Waals surface area contributed by atoms with Crippen molar-refractivity contribution in [1.82, 2.24) is 10.2 Å². The number of rotatable bonds is 0. The van der Waals surface area contributed by atoms with Crippen LogP contribution in [0.3, 0.4) is 0 Å². The van der Waals surface area contributed by atoms with Gasteiger partial charge in [-0.1, -0.05) is 0 Å². The smallest absolute Gasteiger partial charge is 0.119 e. The third kappa shape index (κ3) is 4.69. The summed E-state index contributed by atoms with van der Waals surface area (Å²) in [6, 6.07) is 0. The largest absolute Gasteiger partial charge is 0.391 e. The lowest BCUT2D eigenvalue weighted by Gasteiger charge is -1.97. The van der Waals surface area contributed by atoms with Gasteiger partial charge in [0.1, 0.15) is 6.26 Å². The number of hydroxylamine groups is 1. The second kappa shape index (κ2) is 6.06. The maximum Gasteiger partial charge on any atom is 0.119 e. The lowest BCUT2D eigenvalue weighted by Crippen LogP contribution is -2.01. The lowest BCUT2D eigenvalue weighted by atomic mass is 10.6. The van der Waals surface area contributed by atoms with Gasteiger partial charge in [-0.25, -0.2) is 5.48 Å². The summed E-state index contributed by atoms with van der Waals surface area (Å²) in [5, 5.41) is 2.00. The van der Waals surface area contributed by atoms with E-state index < -0.39 is 0 Å². The van der Waals surface area contributed by atoms with Crippen LogP contribution in [0.5, 0.6) is 0 Å². The molecule has 2 N–H and O–H groups in total. The van der Waals surface area contributed by atoms with Crippen LogP contribution >= 0.6 is 21.8 Å². The summed E-state index contributed by atoms with van der Waals surface area (Å²) < 4.78 is 2.92. The van der Waals surface area contributed by atoms with Crippen molar-refractivity contribution in [1.29, 1.82) is 0 Å². The maximum atomic E-state index is 4.55. The van der Waals surface area contributed by atoms with Crippen molar-refractivity contribution >= 4 is 21.8 Å². The van der Waals surface area contributed by atoms with E-state index in [2.05, 4.69) is 15.0 Å². The molecule has 0 radical (unpaired) electrons. The van der Waals surface area contributed by atoms with Crippen molar-refractivity contribution in [3.63, 3.8) is 0 Å². The zero-order valence-electron chi connectivity index (χ0n) is 5.69. The van der Waals surface area contributed by atoms with Crippen LogP contribution < -0.4 is 10.2 Å². The molecule has 2 aliphatic rings. The Labute approximate surface area is 73.4 Å². The van der Waals surface area contributed by atoms with Crippen LogP contribution in [0, 0.1) is 0 Å². The Bertz CT molecular complexity index is 161. The second-order valence-electron chi connectivity index (χ2n) is 1.52. The van der Waals surface area contributed by atoms with E-state index in [1.807, 2.05) is 17.7 Å². The Hall–Kier alpha value is -0.680. The molecule has 11 heavy (non-hydrogen) atoms. The third-order valence-electron chi connectivity index (χ3n) is 0.778. The van der Waals surface area contributed by atoms with Gasteiger partial charge in [-0.05, 0) is 22.9 Å². The summed E-state index contributed by atoms with van der Waals surface area (Å²) >= 11 is 0. The minimum Gasteiger partial charge on any atom is -0.391 e. The third-order valence-corrected chi connectivity index (χ3v) is 2.26. The Morgan fingerprint density at radius 1 is 1.18 bits per heavy atom. The normalized spacial score (nSPS) is 17.5. The van der Waals surface area contributed by atoms with E-state index in [1.165, 1.54) is 0 Å². The molecule has 60 valence electrons. The SMILES string of the molecule is C1=CNOC=C1.C1=CSSN1. The van der Waals surface area contributed by atoms with Crippen LogP contribution in [-0.4, -0.2) is 0 Å². The highest BCUT2D eigenvalue weighted by molar-refractivity contribution is 8.77.